The molecule has 1 amide bonds. The van der Waals surface area contributed by atoms with Gasteiger partial charge in [-0.3, -0.25) is 4.79 Å². The summed E-state index contributed by atoms with van der Waals surface area (Å²) in [6, 6.07) is 16.0. The molecule has 2 aromatic carbocycles. The molecule has 3 aromatic rings. The van der Waals surface area contributed by atoms with E-state index in [0.29, 0.717) is 21.4 Å². The Balaban J connectivity index is 1.77. The van der Waals surface area contributed by atoms with E-state index in [4.69, 9.17) is 28.9 Å². The second-order valence-electron chi connectivity index (χ2n) is 7.72. The molecule has 0 spiro atoms. The summed E-state index contributed by atoms with van der Waals surface area (Å²) in [5.41, 5.74) is 9.62. The Morgan fingerprint density at radius 3 is 2.70 bits per heavy atom. The van der Waals surface area contributed by atoms with Gasteiger partial charge in [0.25, 0.3) is 5.91 Å². The van der Waals surface area contributed by atoms with Crippen molar-refractivity contribution in [1.29, 1.82) is 0 Å². The van der Waals surface area contributed by atoms with Crippen LogP contribution in [0.2, 0.25) is 10.0 Å². The standard InChI is InChI=1S/C23H23Cl2N4O/c1-14-21(23(30)27-18-9-5-8-17(26)13-18)28-29(20-11-10-16(24)12-19(20)25)22(14)15-6-3-2-4-7-15/h3-4,6-7,10-12,17-18H,5,8-9,13,26H2,1H3,(H,27,30). The molecule has 1 saturated carbocycles. The van der Waals surface area contributed by atoms with E-state index >= 15 is 0 Å². The van der Waals surface area contributed by atoms with Gasteiger partial charge in [0, 0.05) is 28.2 Å². The number of amides is 1. The summed E-state index contributed by atoms with van der Waals surface area (Å²) in [6.07, 6.45) is 3.75. The second kappa shape index (κ2) is 8.80. The molecular formula is C23H23Cl2N4O. The van der Waals surface area contributed by atoms with Gasteiger partial charge >= 0.3 is 0 Å². The number of hydrogen-bond acceptors (Lipinski definition) is 3. The Kier molecular flexibility index (Phi) is 6.14. The number of nitrogens with two attached hydrogens (primary N) is 1. The summed E-state index contributed by atoms with van der Waals surface area (Å²) in [6.45, 7) is 1.90. The Hall–Kier alpha value is -2.34. The molecule has 2 atom stereocenters. The van der Waals surface area contributed by atoms with Crippen LogP contribution in [0.25, 0.3) is 16.9 Å². The number of nitrogens with one attached hydrogen (secondary N) is 1. The van der Waals surface area contributed by atoms with Gasteiger partial charge in [-0.25, -0.2) is 4.68 Å². The molecule has 1 aliphatic carbocycles. The minimum Gasteiger partial charge on any atom is -0.348 e. The van der Waals surface area contributed by atoms with Crippen LogP contribution < -0.4 is 11.1 Å². The lowest BCUT2D eigenvalue weighted by atomic mass is 9.91. The fourth-order valence-electron chi connectivity index (χ4n) is 4.04. The molecule has 1 heterocycles. The van der Waals surface area contributed by atoms with E-state index in [1.807, 2.05) is 31.2 Å². The van der Waals surface area contributed by atoms with E-state index in [0.717, 1.165) is 42.5 Å². The molecule has 3 N–H and O–H groups in total. The Labute approximate surface area is 186 Å². The maximum atomic E-state index is 13.1. The zero-order chi connectivity index (χ0) is 21.3. The van der Waals surface area contributed by atoms with Crippen molar-refractivity contribution in [3.05, 3.63) is 69.8 Å². The van der Waals surface area contributed by atoms with Crippen LogP contribution in [0.5, 0.6) is 0 Å². The van der Waals surface area contributed by atoms with Crippen molar-refractivity contribution in [1.82, 2.24) is 15.1 Å². The topological polar surface area (TPSA) is 72.9 Å². The number of nitrogens with zero attached hydrogens (tertiary/aromatic N) is 2. The zero-order valence-electron chi connectivity index (χ0n) is 16.7. The monoisotopic (exact) mass is 441 g/mol. The molecule has 1 aromatic heterocycles. The minimum atomic E-state index is -0.195. The lowest BCUT2D eigenvalue weighted by Gasteiger charge is -2.27. The summed E-state index contributed by atoms with van der Waals surface area (Å²) < 4.78 is 1.71. The maximum absolute atomic E-state index is 13.1. The fraction of sp³-hybridized carbons (Fsp3) is 0.304. The number of aromatic nitrogens is 2. The summed E-state index contributed by atoms with van der Waals surface area (Å²) in [4.78, 5) is 13.1. The van der Waals surface area contributed by atoms with Gasteiger partial charge in [-0.1, -0.05) is 47.5 Å². The number of hydrogen-bond donors (Lipinski definition) is 2. The molecule has 0 saturated heterocycles. The fourth-order valence-corrected chi connectivity index (χ4v) is 4.52. The molecule has 1 radical (unpaired) electrons. The highest BCUT2D eigenvalue weighted by atomic mass is 35.5. The van der Waals surface area contributed by atoms with Gasteiger partial charge in [0.2, 0.25) is 0 Å². The van der Waals surface area contributed by atoms with E-state index in [1.54, 1.807) is 22.9 Å². The molecule has 1 aliphatic rings. The minimum absolute atomic E-state index is 0.0692. The molecule has 4 rings (SSSR count). The lowest BCUT2D eigenvalue weighted by molar-refractivity contribution is 0.0919. The molecule has 30 heavy (non-hydrogen) atoms. The molecule has 7 heteroatoms. The largest absolute Gasteiger partial charge is 0.348 e. The summed E-state index contributed by atoms with van der Waals surface area (Å²) >= 11 is 12.5. The van der Waals surface area contributed by atoms with Gasteiger partial charge in [-0.05, 0) is 56.9 Å². The number of carbonyl (C=O) groups excluding carboxylic acids is 1. The number of rotatable bonds is 4. The van der Waals surface area contributed by atoms with Crippen molar-refractivity contribution < 1.29 is 4.79 Å². The van der Waals surface area contributed by atoms with Crippen LogP contribution in [-0.4, -0.2) is 27.8 Å². The van der Waals surface area contributed by atoms with E-state index in [2.05, 4.69) is 16.5 Å². The predicted molar refractivity (Wildman–Crippen MR) is 120 cm³/mol. The van der Waals surface area contributed by atoms with Crippen LogP contribution >= 0.6 is 23.2 Å². The van der Waals surface area contributed by atoms with Gasteiger partial charge in [0.1, 0.15) is 0 Å². The molecule has 0 bridgehead atoms. The number of benzene rings is 2. The van der Waals surface area contributed by atoms with Gasteiger partial charge in [0.05, 0.1) is 16.4 Å². The Morgan fingerprint density at radius 1 is 1.23 bits per heavy atom. The highest BCUT2D eigenvalue weighted by Gasteiger charge is 2.26. The smallest absolute Gasteiger partial charge is 0.272 e. The van der Waals surface area contributed by atoms with Crippen LogP contribution in [0, 0.1) is 13.0 Å². The average Bonchev–Trinajstić information content (AvgIpc) is 3.05. The summed E-state index contributed by atoms with van der Waals surface area (Å²) in [7, 11) is 0. The Morgan fingerprint density at radius 2 is 2.00 bits per heavy atom. The SMILES string of the molecule is Cc1c(C(=O)NC2CCCC(N)C2)nn(-c2ccc(Cl)cc2Cl)c1-c1cc[c]cc1. The normalized spacial score (nSPS) is 18.9. The lowest BCUT2D eigenvalue weighted by Crippen LogP contribution is -2.42. The third-order valence-electron chi connectivity index (χ3n) is 5.52. The summed E-state index contributed by atoms with van der Waals surface area (Å²) in [5.74, 6) is -0.195. The molecule has 155 valence electrons. The third kappa shape index (κ3) is 4.24. The summed E-state index contributed by atoms with van der Waals surface area (Å²) in [5, 5.41) is 8.78. The second-order valence-corrected chi connectivity index (χ2v) is 8.56. The van der Waals surface area contributed by atoms with Crippen LogP contribution in [0.15, 0.2) is 42.5 Å². The van der Waals surface area contributed by atoms with E-state index in [9.17, 15) is 4.79 Å². The highest BCUT2D eigenvalue weighted by molar-refractivity contribution is 6.35. The van der Waals surface area contributed by atoms with E-state index < -0.39 is 0 Å². The molecule has 1 fully saturated rings. The van der Waals surface area contributed by atoms with Crippen molar-refractivity contribution in [3.63, 3.8) is 0 Å². The number of halogens is 2. The zero-order valence-corrected chi connectivity index (χ0v) is 18.2. The first-order chi connectivity index (χ1) is 14.4. The maximum Gasteiger partial charge on any atom is 0.272 e. The van der Waals surface area contributed by atoms with Crippen LogP contribution in [0.4, 0.5) is 0 Å². The van der Waals surface area contributed by atoms with E-state index in [-0.39, 0.29) is 18.0 Å². The molecule has 0 aliphatic heterocycles. The quantitative estimate of drug-likeness (QED) is 0.600. The van der Waals surface area contributed by atoms with Gasteiger partial charge < -0.3 is 11.1 Å². The first-order valence-electron chi connectivity index (χ1n) is 10.0. The van der Waals surface area contributed by atoms with Crippen molar-refractivity contribution in [2.75, 3.05) is 0 Å². The van der Waals surface area contributed by atoms with Crippen LogP contribution in [-0.2, 0) is 0 Å². The van der Waals surface area contributed by atoms with Crippen molar-refractivity contribution in [2.45, 2.75) is 44.7 Å². The first-order valence-corrected chi connectivity index (χ1v) is 10.8. The first kappa shape index (κ1) is 20.9. The van der Waals surface area contributed by atoms with Gasteiger partial charge in [0.15, 0.2) is 5.69 Å². The van der Waals surface area contributed by atoms with Crippen LogP contribution in [0.1, 0.15) is 41.7 Å². The molecular weight excluding hydrogens is 419 g/mol. The average molecular weight is 442 g/mol. The van der Waals surface area contributed by atoms with Crippen LogP contribution in [0.3, 0.4) is 0 Å². The predicted octanol–water partition coefficient (Wildman–Crippen LogP) is 4.95. The van der Waals surface area contributed by atoms with Crippen molar-refractivity contribution >= 4 is 29.1 Å². The van der Waals surface area contributed by atoms with Crippen molar-refractivity contribution in [3.8, 4) is 16.9 Å². The number of carbonyl (C=O) groups is 1. The van der Waals surface area contributed by atoms with Gasteiger partial charge in [-0.15, -0.1) is 0 Å². The highest BCUT2D eigenvalue weighted by Crippen LogP contribution is 2.32. The Bertz CT molecular complexity index is 1060. The van der Waals surface area contributed by atoms with E-state index in [1.165, 1.54) is 0 Å². The van der Waals surface area contributed by atoms with Crippen molar-refractivity contribution in [2.24, 2.45) is 5.73 Å². The molecule has 2 unspecified atom stereocenters. The third-order valence-corrected chi connectivity index (χ3v) is 6.05. The van der Waals surface area contributed by atoms with Gasteiger partial charge in [-0.2, -0.15) is 5.10 Å². The molecule has 5 nitrogen and oxygen atoms in total.